The second-order valence-electron chi connectivity index (χ2n) is 6.60. The molecular weight excluding hydrogens is 336 g/mol. The molecule has 27 heavy (non-hydrogen) atoms. The van der Waals surface area contributed by atoms with Gasteiger partial charge in [0, 0.05) is 36.6 Å². The van der Waals surface area contributed by atoms with Gasteiger partial charge in [-0.05, 0) is 60.5 Å². The largest absolute Gasteiger partial charge is 0.457 e. The molecule has 0 aromatic heterocycles. The van der Waals surface area contributed by atoms with E-state index in [1.165, 1.54) is 0 Å². The molecule has 0 unspecified atom stereocenters. The first kappa shape index (κ1) is 18.8. The molecule has 0 atom stereocenters. The van der Waals surface area contributed by atoms with E-state index in [4.69, 9.17) is 4.74 Å². The maximum atomic E-state index is 11.7. The molecule has 2 aromatic rings. The van der Waals surface area contributed by atoms with Gasteiger partial charge in [0.25, 0.3) is 0 Å². The lowest BCUT2D eigenvalue weighted by molar-refractivity contribution is 0.0988. The first-order valence-electron chi connectivity index (χ1n) is 9.40. The summed E-state index contributed by atoms with van der Waals surface area (Å²) < 4.78 is 5.88. The van der Waals surface area contributed by atoms with Crippen LogP contribution in [0.4, 0.5) is 0 Å². The van der Waals surface area contributed by atoms with Crippen LogP contribution in [0, 0.1) is 0 Å². The Kier molecular flexibility index (Phi) is 5.97. The predicted molar refractivity (Wildman–Crippen MR) is 109 cm³/mol. The summed E-state index contributed by atoms with van der Waals surface area (Å²) in [6.45, 7) is 10.2. The van der Waals surface area contributed by atoms with Crippen molar-refractivity contribution < 1.29 is 9.53 Å². The van der Waals surface area contributed by atoms with E-state index in [0.717, 1.165) is 36.6 Å². The van der Waals surface area contributed by atoms with Crippen molar-refractivity contribution in [2.75, 3.05) is 13.2 Å². The maximum Gasteiger partial charge on any atom is 0.162 e. The van der Waals surface area contributed by atoms with Crippen LogP contribution < -0.4 is 4.74 Å². The Morgan fingerprint density at radius 2 is 1.56 bits per heavy atom. The standard InChI is InChI=1S/C23H26N2O2/c1-4-14-24-15-16-25(17-24)18(3)19-6-10-21(11-7-19)27-22-12-8-20(9-13-22)23(26)5-2/h6-13,15-16H,3-5,14,17H2,1-2H3. The van der Waals surface area contributed by atoms with Crippen molar-refractivity contribution in [3.63, 3.8) is 0 Å². The number of carbonyl (C=O) groups is 1. The summed E-state index contributed by atoms with van der Waals surface area (Å²) in [5.74, 6) is 1.61. The average molecular weight is 362 g/mol. The molecule has 0 bridgehead atoms. The minimum absolute atomic E-state index is 0.137. The highest BCUT2D eigenvalue weighted by Crippen LogP contribution is 2.26. The van der Waals surface area contributed by atoms with Crippen LogP contribution >= 0.6 is 0 Å². The van der Waals surface area contributed by atoms with Gasteiger partial charge in [0.2, 0.25) is 0 Å². The van der Waals surface area contributed by atoms with E-state index in [9.17, 15) is 4.79 Å². The van der Waals surface area contributed by atoms with Crippen molar-refractivity contribution in [3.05, 3.63) is 78.6 Å². The number of ketones is 1. The molecule has 0 radical (unpaired) electrons. The van der Waals surface area contributed by atoms with Crippen LogP contribution in [0.2, 0.25) is 0 Å². The molecule has 3 rings (SSSR count). The van der Waals surface area contributed by atoms with Crippen molar-refractivity contribution in [3.8, 4) is 11.5 Å². The lowest BCUT2D eigenvalue weighted by Crippen LogP contribution is -2.24. The monoisotopic (exact) mass is 362 g/mol. The van der Waals surface area contributed by atoms with Crippen LogP contribution in [0.1, 0.15) is 42.6 Å². The third kappa shape index (κ3) is 4.59. The van der Waals surface area contributed by atoms with Gasteiger partial charge in [0.05, 0.1) is 6.67 Å². The fourth-order valence-electron chi connectivity index (χ4n) is 3.00. The van der Waals surface area contributed by atoms with Crippen LogP contribution in [0.15, 0.2) is 67.5 Å². The highest BCUT2D eigenvalue weighted by Gasteiger charge is 2.15. The number of benzene rings is 2. The molecule has 1 heterocycles. The van der Waals surface area contributed by atoms with Crippen molar-refractivity contribution in [2.24, 2.45) is 0 Å². The number of rotatable bonds is 8. The zero-order valence-electron chi connectivity index (χ0n) is 16.0. The average Bonchev–Trinajstić information content (AvgIpc) is 3.17. The molecule has 0 saturated carbocycles. The van der Waals surface area contributed by atoms with Crippen LogP contribution in [-0.4, -0.2) is 28.8 Å². The van der Waals surface area contributed by atoms with Gasteiger partial charge in [-0.25, -0.2) is 0 Å². The van der Waals surface area contributed by atoms with Crippen molar-refractivity contribution >= 4 is 11.5 Å². The van der Waals surface area contributed by atoms with Crippen LogP contribution in [0.5, 0.6) is 11.5 Å². The molecule has 2 aromatic carbocycles. The number of ether oxygens (including phenoxy) is 1. The van der Waals surface area contributed by atoms with Gasteiger partial charge >= 0.3 is 0 Å². The van der Waals surface area contributed by atoms with E-state index >= 15 is 0 Å². The summed E-state index contributed by atoms with van der Waals surface area (Å²) in [6, 6.07) is 15.2. The van der Waals surface area contributed by atoms with E-state index in [2.05, 4.69) is 35.7 Å². The lowest BCUT2D eigenvalue weighted by Gasteiger charge is -2.22. The molecular formula is C23H26N2O2. The van der Waals surface area contributed by atoms with Crippen LogP contribution in [0.25, 0.3) is 5.70 Å². The third-order valence-corrected chi connectivity index (χ3v) is 4.57. The fourth-order valence-corrected chi connectivity index (χ4v) is 3.00. The van der Waals surface area contributed by atoms with Crippen molar-refractivity contribution in [1.29, 1.82) is 0 Å². The minimum Gasteiger partial charge on any atom is -0.457 e. The summed E-state index contributed by atoms with van der Waals surface area (Å²) in [6.07, 6.45) is 5.82. The Balaban J connectivity index is 1.61. The highest BCUT2D eigenvalue weighted by atomic mass is 16.5. The molecule has 0 spiro atoms. The van der Waals surface area contributed by atoms with Crippen LogP contribution in [0.3, 0.4) is 0 Å². The first-order chi connectivity index (χ1) is 13.1. The van der Waals surface area contributed by atoms with Gasteiger partial charge in [0.1, 0.15) is 11.5 Å². The number of hydrogen-bond donors (Lipinski definition) is 0. The summed E-state index contributed by atoms with van der Waals surface area (Å²) >= 11 is 0. The minimum atomic E-state index is 0.137. The molecule has 4 heteroatoms. The fraction of sp³-hybridized carbons (Fsp3) is 0.261. The molecule has 0 fully saturated rings. The zero-order valence-corrected chi connectivity index (χ0v) is 16.0. The normalized spacial score (nSPS) is 13.1. The van der Waals surface area contributed by atoms with Crippen LogP contribution in [-0.2, 0) is 0 Å². The second kappa shape index (κ2) is 8.58. The highest BCUT2D eigenvalue weighted by molar-refractivity contribution is 5.95. The first-order valence-corrected chi connectivity index (χ1v) is 9.40. The Labute approximate surface area is 161 Å². The predicted octanol–water partition coefficient (Wildman–Crippen LogP) is 5.50. The van der Waals surface area contributed by atoms with E-state index in [-0.39, 0.29) is 5.78 Å². The Hall–Kier alpha value is -3.01. The smallest absolute Gasteiger partial charge is 0.162 e. The van der Waals surface area contributed by atoms with Gasteiger partial charge in [-0.1, -0.05) is 20.4 Å². The van der Waals surface area contributed by atoms with Gasteiger partial charge in [-0.15, -0.1) is 0 Å². The topological polar surface area (TPSA) is 32.8 Å². The molecule has 1 aliphatic rings. The molecule has 140 valence electrons. The molecule has 1 aliphatic heterocycles. The van der Waals surface area contributed by atoms with Crippen molar-refractivity contribution in [2.45, 2.75) is 26.7 Å². The van der Waals surface area contributed by atoms with Crippen molar-refractivity contribution in [1.82, 2.24) is 9.80 Å². The molecule has 0 amide bonds. The zero-order chi connectivity index (χ0) is 19.2. The molecule has 0 aliphatic carbocycles. The quantitative estimate of drug-likeness (QED) is 0.581. The molecule has 0 saturated heterocycles. The van der Waals surface area contributed by atoms with E-state index in [0.29, 0.717) is 17.7 Å². The van der Waals surface area contributed by atoms with E-state index in [1.807, 2.05) is 43.3 Å². The lowest BCUT2D eigenvalue weighted by atomic mass is 10.1. The third-order valence-electron chi connectivity index (χ3n) is 4.57. The number of Topliss-reactive ketones (excluding diaryl/α,β-unsaturated/α-hetero) is 1. The molecule has 0 N–H and O–H groups in total. The number of nitrogens with zero attached hydrogens (tertiary/aromatic N) is 2. The summed E-state index contributed by atoms with van der Waals surface area (Å²) in [7, 11) is 0. The maximum absolute atomic E-state index is 11.7. The Morgan fingerprint density at radius 3 is 2.11 bits per heavy atom. The van der Waals surface area contributed by atoms with E-state index < -0.39 is 0 Å². The second-order valence-corrected chi connectivity index (χ2v) is 6.60. The van der Waals surface area contributed by atoms with Gasteiger partial charge < -0.3 is 14.5 Å². The summed E-state index contributed by atoms with van der Waals surface area (Å²) in [5, 5.41) is 0. The number of carbonyl (C=O) groups excluding carboxylic acids is 1. The summed E-state index contributed by atoms with van der Waals surface area (Å²) in [5.41, 5.74) is 2.75. The number of hydrogen-bond acceptors (Lipinski definition) is 4. The SMILES string of the molecule is C=C(c1ccc(Oc2ccc(C(=O)CC)cc2)cc1)N1C=CN(CCC)C1. The summed E-state index contributed by atoms with van der Waals surface area (Å²) in [4.78, 5) is 16.1. The Bertz CT molecular complexity index is 822. The Morgan fingerprint density at radius 1 is 0.963 bits per heavy atom. The van der Waals surface area contributed by atoms with E-state index in [1.54, 1.807) is 12.1 Å². The van der Waals surface area contributed by atoms with Gasteiger partial charge in [0.15, 0.2) is 5.78 Å². The van der Waals surface area contributed by atoms with Gasteiger partial charge in [-0.3, -0.25) is 4.79 Å². The molecule has 4 nitrogen and oxygen atoms in total. The van der Waals surface area contributed by atoms with Gasteiger partial charge in [-0.2, -0.15) is 0 Å².